The molecule has 0 spiro atoms. The van der Waals surface area contributed by atoms with Gasteiger partial charge in [0.15, 0.2) is 11.2 Å². The van der Waals surface area contributed by atoms with E-state index in [-0.39, 0.29) is 34.8 Å². The number of nitrogens with two attached hydrogens (primary N) is 1. The van der Waals surface area contributed by atoms with Gasteiger partial charge in [-0.15, -0.1) is 0 Å². The third-order valence-electron chi connectivity index (χ3n) is 4.46. The summed E-state index contributed by atoms with van der Waals surface area (Å²) in [5, 5.41) is 23.4. The number of fused-ring (bicyclic) bond motifs is 1. The summed E-state index contributed by atoms with van der Waals surface area (Å²) in [7, 11) is 0. The summed E-state index contributed by atoms with van der Waals surface area (Å²) >= 11 is 0. The predicted molar refractivity (Wildman–Crippen MR) is 116 cm³/mol. The molecule has 3 aromatic rings. The quantitative estimate of drug-likeness (QED) is 0.239. The van der Waals surface area contributed by atoms with Crippen LogP contribution in [0.2, 0.25) is 0 Å². The van der Waals surface area contributed by atoms with E-state index in [1.807, 2.05) is 0 Å². The van der Waals surface area contributed by atoms with Crippen LogP contribution in [-0.4, -0.2) is 54.0 Å². The molecule has 0 fully saturated rings. The molecule has 170 valence electrons. The first-order chi connectivity index (χ1) is 15.6. The SMILES string of the molecule is C=C(C[C@H](NC(=O)c1ccc(NCc2cnc3nc(N)[nH]c(=O)c3n2)cc1)C(=O)O)C(=O)O. The number of hydrogen-bond donors (Lipinski definition) is 6. The van der Waals surface area contributed by atoms with Crippen LogP contribution in [0.15, 0.2) is 47.4 Å². The summed E-state index contributed by atoms with van der Waals surface area (Å²) in [6, 6.07) is 4.67. The summed E-state index contributed by atoms with van der Waals surface area (Å²) in [4.78, 5) is 61.0. The first-order valence-electron chi connectivity index (χ1n) is 9.44. The molecule has 0 aliphatic rings. The zero-order valence-corrected chi connectivity index (χ0v) is 17.0. The maximum Gasteiger partial charge on any atom is 0.331 e. The third-order valence-corrected chi connectivity index (χ3v) is 4.46. The van der Waals surface area contributed by atoms with Crippen LogP contribution >= 0.6 is 0 Å². The van der Waals surface area contributed by atoms with Gasteiger partial charge < -0.3 is 26.6 Å². The molecule has 0 radical (unpaired) electrons. The van der Waals surface area contributed by atoms with Gasteiger partial charge in [0.05, 0.1) is 18.4 Å². The van der Waals surface area contributed by atoms with E-state index in [2.05, 4.69) is 37.1 Å². The largest absolute Gasteiger partial charge is 0.480 e. The number of carboxylic acid groups (broad SMARTS) is 2. The molecule has 2 heterocycles. The Morgan fingerprint density at radius 3 is 2.48 bits per heavy atom. The second kappa shape index (κ2) is 9.55. The van der Waals surface area contributed by atoms with Crippen LogP contribution in [0.5, 0.6) is 0 Å². The first kappa shape index (κ1) is 22.9. The van der Waals surface area contributed by atoms with E-state index < -0.39 is 35.9 Å². The van der Waals surface area contributed by atoms with Crippen LogP contribution in [0.25, 0.3) is 11.2 Å². The maximum absolute atomic E-state index is 12.3. The van der Waals surface area contributed by atoms with Crippen LogP contribution in [0.3, 0.4) is 0 Å². The van der Waals surface area contributed by atoms with Crippen molar-refractivity contribution in [2.75, 3.05) is 11.1 Å². The molecule has 1 atom stereocenters. The monoisotopic (exact) mass is 453 g/mol. The highest BCUT2D eigenvalue weighted by Crippen LogP contribution is 2.13. The van der Waals surface area contributed by atoms with Crippen molar-refractivity contribution in [2.45, 2.75) is 19.0 Å². The molecule has 33 heavy (non-hydrogen) atoms. The van der Waals surface area contributed by atoms with Crippen LogP contribution in [0.1, 0.15) is 22.5 Å². The molecule has 1 amide bonds. The Hall–Kier alpha value is -4.81. The number of carbonyl (C=O) groups excluding carboxylic acids is 1. The molecule has 7 N–H and O–H groups in total. The molecule has 0 bridgehead atoms. The number of anilines is 2. The van der Waals surface area contributed by atoms with E-state index in [4.69, 9.17) is 10.8 Å². The van der Waals surface area contributed by atoms with Crippen molar-refractivity contribution in [2.24, 2.45) is 0 Å². The second-order valence-corrected chi connectivity index (χ2v) is 6.89. The Labute approximate surface area is 185 Å². The number of aliphatic carboxylic acids is 2. The molecular formula is C20H19N7O6. The first-order valence-corrected chi connectivity index (χ1v) is 9.44. The van der Waals surface area contributed by atoms with Crippen LogP contribution in [0.4, 0.5) is 11.6 Å². The highest BCUT2D eigenvalue weighted by atomic mass is 16.4. The molecule has 1 aromatic carbocycles. The Bertz CT molecular complexity index is 1300. The van der Waals surface area contributed by atoms with Gasteiger partial charge in [-0.1, -0.05) is 6.58 Å². The number of carbonyl (C=O) groups is 3. The van der Waals surface area contributed by atoms with Crippen molar-refractivity contribution in [1.82, 2.24) is 25.3 Å². The lowest BCUT2D eigenvalue weighted by Gasteiger charge is -2.14. The van der Waals surface area contributed by atoms with Crippen molar-refractivity contribution in [3.8, 4) is 0 Å². The molecule has 0 saturated heterocycles. The number of nitrogens with one attached hydrogen (secondary N) is 3. The van der Waals surface area contributed by atoms with E-state index >= 15 is 0 Å². The summed E-state index contributed by atoms with van der Waals surface area (Å²) < 4.78 is 0. The normalized spacial score (nSPS) is 11.5. The molecule has 13 heteroatoms. The van der Waals surface area contributed by atoms with Gasteiger partial charge in [0.2, 0.25) is 5.95 Å². The number of amides is 1. The average Bonchev–Trinajstić information content (AvgIpc) is 2.77. The zero-order valence-electron chi connectivity index (χ0n) is 17.0. The number of aromatic amines is 1. The van der Waals surface area contributed by atoms with Gasteiger partial charge in [0, 0.05) is 23.2 Å². The molecule has 3 rings (SSSR count). The topological polar surface area (TPSA) is 213 Å². The fraction of sp³-hybridized carbons (Fsp3) is 0.150. The Kier molecular flexibility index (Phi) is 6.62. The van der Waals surface area contributed by atoms with Gasteiger partial charge in [-0.25, -0.2) is 19.6 Å². The number of hydrogen-bond acceptors (Lipinski definition) is 9. The predicted octanol–water partition coefficient (Wildman–Crippen LogP) is 0.121. The lowest BCUT2D eigenvalue weighted by molar-refractivity contribution is -0.139. The average molecular weight is 453 g/mol. The molecule has 2 aromatic heterocycles. The van der Waals surface area contributed by atoms with E-state index in [9.17, 15) is 24.3 Å². The van der Waals surface area contributed by atoms with E-state index in [0.717, 1.165) is 0 Å². The molecule has 0 aliphatic heterocycles. The Balaban J connectivity index is 1.64. The zero-order chi connectivity index (χ0) is 24.1. The van der Waals surface area contributed by atoms with Crippen molar-refractivity contribution in [3.63, 3.8) is 0 Å². The fourth-order valence-electron chi connectivity index (χ4n) is 2.76. The maximum atomic E-state index is 12.3. The minimum absolute atomic E-state index is 0.0501. The molecule has 0 aliphatic carbocycles. The smallest absolute Gasteiger partial charge is 0.331 e. The van der Waals surface area contributed by atoms with Gasteiger partial charge in [0.25, 0.3) is 11.5 Å². The number of H-pyrrole nitrogens is 1. The van der Waals surface area contributed by atoms with Crippen LogP contribution < -0.4 is 21.9 Å². The number of nitrogens with zero attached hydrogens (tertiary/aromatic N) is 3. The highest BCUT2D eigenvalue weighted by molar-refractivity contribution is 5.97. The van der Waals surface area contributed by atoms with E-state index in [1.54, 1.807) is 12.1 Å². The summed E-state index contributed by atoms with van der Waals surface area (Å²) in [6.07, 6.45) is 1.01. The number of benzene rings is 1. The van der Waals surface area contributed by atoms with Crippen molar-refractivity contribution in [3.05, 3.63) is 64.2 Å². The summed E-state index contributed by atoms with van der Waals surface area (Å²) in [5.74, 6) is -3.46. The highest BCUT2D eigenvalue weighted by Gasteiger charge is 2.23. The van der Waals surface area contributed by atoms with Crippen molar-refractivity contribution < 1.29 is 24.6 Å². The minimum Gasteiger partial charge on any atom is -0.480 e. The van der Waals surface area contributed by atoms with Crippen molar-refractivity contribution >= 4 is 40.6 Å². The second-order valence-electron chi connectivity index (χ2n) is 6.89. The Morgan fingerprint density at radius 2 is 1.85 bits per heavy atom. The lowest BCUT2D eigenvalue weighted by Crippen LogP contribution is -2.41. The molecule has 13 nitrogen and oxygen atoms in total. The molecule has 0 unspecified atom stereocenters. The summed E-state index contributed by atoms with van der Waals surface area (Å²) in [6.45, 7) is 3.50. The number of nitrogen functional groups attached to an aromatic ring is 1. The fourth-order valence-corrected chi connectivity index (χ4v) is 2.76. The van der Waals surface area contributed by atoms with Gasteiger partial charge in [-0.05, 0) is 24.3 Å². The van der Waals surface area contributed by atoms with Gasteiger partial charge >= 0.3 is 11.9 Å². The molecule has 0 saturated carbocycles. The van der Waals surface area contributed by atoms with E-state index in [1.165, 1.54) is 18.3 Å². The van der Waals surface area contributed by atoms with Gasteiger partial charge in [-0.2, -0.15) is 4.98 Å². The number of rotatable bonds is 9. The van der Waals surface area contributed by atoms with Crippen molar-refractivity contribution in [1.29, 1.82) is 0 Å². The summed E-state index contributed by atoms with van der Waals surface area (Å²) in [5.41, 5.74) is 6.07. The Morgan fingerprint density at radius 1 is 1.15 bits per heavy atom. The third kappa shape index (κ3) is 5.66. The standard InChI is InChI=1S/C20H19N7O6/c1-9(18(30)31)6-13(19(32)33)25-16(28)10-2-4-11(5-3-10)22-7-12-8-23-15-14(24-12)17(29)27-20(21)26-15/h2-5,8,13,22H,1,6-7H2,(H,25,28)(H,30,31)(H,32,33)(H3,21,23,26,27,29)/t13-/m0/s1. The van der Waals surface area contributed by atoms with Gasteiger partial charge in [-0.3, -0.25) is 14.6 Å². The van der Waals surface area contributed by atoms with Crippen LogP contribution in [0, 0.1) is 0 Å². The van der Waals surface area contributed by atoms with Gasteiger partial charge in [0.1, 0.15) is 6.04 Å². The van der Waals surface area contributed by atoms with E-state index in [0.29, 0.717) is 11.4 Å². The minimum atomic E-state index is -1.43. The lowest BCUT2D eigenvalue weighted by atomic mass is 10.1. The molecular weight excluding hydrogens is 434 g/mol. The number of carboxylic acids is 2. The van der Waals surface area contributed by atoms with Crippen LogP contribution in [-0.2, 0) is 16.1 Å². The number of aromatic nitrogens is 4.